The lowest BCUT2D eigenvalue weighted by Crippen LogP contribution is -2.21. The average molecular weight is 401 g/mol. The fourth-order valence-corrected chi connectivity index (χ4v) is 3.78. The normalized spacial score (nSPS) is 15.8. The van der Waals surface area contributed by atoms with Gasteiger partial charge in [0.2, 0.25) is 11.9 Å². The molecule has 0 saturated heterocycles. The average Bonchev–Trinajstić information content (AvgIpc) is 3.28. The molecule has 30 heavy (non-hydrogen) atoms. The molecule has 0 saturated carbocycles. The number of aryl methyl sites for hydroxylation is 1. The number of nitrogens with zero attached hydrogens (tertiary/aromatic N) is 4. The van der Waals surface area contributed by atoms with Crippen molar-refractivity contribution in [3.8, 4) is 5.75 Å². The number of carbonyl (C=O) groups excluding carboxylic acids is 1. The van der Waals surface area contributed by atoms with Crippen LogP contribution in [0.3, 0.4) is 0 Å². The summed E-state index contributed by atoms with van der Waals surface area (Å²) in [5.74, 6) is 2.26. The predicted molar refractivity (Wildman–Crippen MR) is 110 cm³/mol. The molecule has 0 radical (unpaired) electrons. The monoisotopic (exact) mass is 401 g/mol. The molecule has 0 fully saturated rings. The van der Waals surface area contributed by atoms with Gasteiger partial charge in [0.15, 0.2) is 5.78 Å². The molecule has 1 aliphatic rings. The molecule has 0 bridgehead atoms. The number of benzene rings is 1. The number of anilines is 2. The van der Waals surface area contributed by atoms with Crippen LogP contribution in [0.25, 0.3) is 10.9 Å². The van der Waals surface area contributed by atoms with Crippen molar-refractivity contribution in [3.05, 3.63) is 65.5 Å². The summed E-state index contributed by atoms with van der Waals surface area (Å²) >= 11 is 0. The molecular formula is C22H19N5O3. The predicted octanol–water partition coefficient (Wildman–Crippen LogP) is 3.99. The van der Waals surface area contributed by atoms with Gasteiger partial charge >= 0.3 is 0 Å². The van der Waals surface area contributed by atoms with Crippen LogP contribution in [0.15, 0.2) is 47.2 Å². The Labute approximate surface area is 172 Å². The Balaban J connectivity index is 1.46. The third kappa shape index (κ3) is 3.26. The summed E-state index contributed by atoms with van der Waals surface area (Å²) in [6, 6.07) is 9.39. The number of Topliss-reactive ketones (excluding diaryl/α,β-unsaturated/α-hetero) is 1. The van der Waals surface area contributed by atoms with Gasteiger partial charge in [-0.3, -0.25) is 10.1 Å². The van der Waals surface area contributed by atoms with Crippen LogP contribution in [0.4, 0.5) is 11.9 Å². The van der Waals surface area contributed by atoms with Crippen molar-refractivity contribution in [2.45, 2.75) is 25.7 Å². The molecule has 1 unspecified atom stereocenters. The number of furan rings is 1. The van der Waals surface area contributed by atoms with Gasteiger partial charge in [0, 0.05) is 36.4 Å². The molecule has 150 valence electrons. The minimum absolute atomic E-state index is 0.0191. The van der Waals surface area contributed by atoms with E-state index in [4.69, 9.17) is 9.15 Å². The SMILES string of the molecule is COc1ccc2c(C)nc(Nc3ncc4c(n3)CC(c3ccco3)CC4=O)nc2c1. The first-order valence-electron chi connectivity index (χ1n) is 9.62. The van der Waals surface area contributed by atoms with E-state index in [0.717, 1.165) is 28.1 Å². The highest BCUT2D eigenvalue weighted by molar-refractivity contribution is 5.98. The third-order valence-electron chi connectivity index (χ3n) is 5.30. The van der Waals surface area contributed by atoms with Crippen LogP contribution in [0, 0.1) is 6.92 Å². The number of rotatable bonds is 4. The molecule has 0 amide bonds. The topological polar surface area (TPSA) is 103 Å². The van der Waals surface area contributed by atoms with Crippen LogP contribution in [-0.4, -0.2) is 32.8 Å². The Bertz CT molecular complexity index is 1250. The minimum Gasteiger partial charge on any atom is -0.497 e. The number of carbonyl (C=O) groups is 1. The number of hydrogen-bond acceptors (Lipinski definition) is 8. The van der Waals surface area contributed by atoms with E-state index in [1.165, 1.54) is 0 Å². The van der Waals surface area contributed by atoms with Gasteiger partial charge in [0.1, 0.15) is 11.5 Å². The number of fused-ring (bicyclic) bond motifs is 2. The quantitative estimate of drug-likeness (QED) is 0.548. The van der Waals surface area contributed by atoms with Crippen molar-refractivity contribution in [2.75, 3.05) is 12.4 Å². The number of ether oxygens (including phenoxy) is 1. The molecule has 8 heteroatoms. The smallest absolute Gasteiger partial charge is 0.230 e. The van der Waals surface area contributed by atoms with Gasteiger partial charge < -0.3 is 9.15 Å². The summed E-state index contributed by atoms with van der Waals surface area (Å²) in [6.07, 6.45) is 4.20. The number of methoxy groups -OCH3 is 1. The largest absolute Gasteiger partial charge is 0.497 e. The lowest BCUT2D eigenvalue weighted by Gasteiger charge is -2.21. The van der Waals surface area contributed by atoms with Gasteiger partial charge in [-0.15, -0.1) is 0 Å². The zero-order valence-corrected chi connectivity index (χ0v) is 16.5. The van der Waals surface area contributed by atoms with Crippen LogP contribution < -0.4 is 10.1 Å². The maximum absolute atomic E-state index is 12.5. The Hall–Kier alpha value is -3.81. The van der Waals surface area contributed by atoms with Gasteiger partial charge in [0.25, 0.3) is 0 Å². The Morgan fingerprint density at radius 1 is 1.13 bits per heavy atom. The van der Waals surface area contributed by atoms with E-state index < -0.39 is 0 Å². The molecule has 3 heterocycles. The van der Waals surface area contributed by atoms with Crippen molar-refractivity contribution >= 4 is 28.6 Å². The Morgan fingerprint density at radius 3 is 2.83 bits per heavy atom. The van der Waals surface area contributed by atoms with E-state index in [9.17, 15) is 4.79 Å². The highest BCUT2D eigenvalue weighted by Crippen LogP contribution is 2.32. The number of hydrogen-bond donors (Lipinski definition) is 1. The fourth-order valence-electron chi connectivity index (χ4n) is 3.78. The zero-order valence-electron chi connectivity index (χ0n) is 16.5. The molecule has 3 aromatic heterocycles. The summed E-state index contributed by atoms with van der Waals surface area (Å²) in [5.41, 5.74) is 2.85. The Kier molecular flexibility index (Phi) is 4.39. The first kappa shape index (κ1) is 18.2. The van der Waals surface area contributed by atoms with E-state index in [2.05, 4.69) is 25.3 Å². The van der Waals surface area contributed by atoms with Gasteiger partial charge in [0.05, 0.1) is 35.8 Å². The van der Waals surface area contributed by atoms with Gasteiger partial charge in [-0.05, 0) is 31.2 Å². The van der Waals surface area contributed by atoms with E-state index in [-0.39, 0.29) is 11.7 Å². The summed E-state index contributed by atoms with van der Waals surface area (Å²) in [7, 11) is 1.62. The second-order valence-electron chi connectivity index (χ2n) is 7.24. The molecule has 0 aliphatic heterocycles. The first-order chi connectivity index (χ1) is 14.6. The van der Waals surface area contributed by atoms with Crippen molar-refractivity contribution in [2.24, 2.45) is 0 Å². The van der Waals surface area contributed by atoms with E-state index in [1.54, 1.807) is 19.6 Å². The van der Waals surface area contributed by atoms with Gasteiger partial charge in [-0.25, -0.2) is 19.9 Å². The van der Waals surface area contributed by atoms with Crippen LogP contribution in [0.5, 0.6) is 5.75 Å². The summed E-state index contributed by atoms with van der Waals surface area (Å²) in [6.45, 7) is 1.92. The standard InChI is InChI=1S/C22H19N5O3/c1-12-15-6-5-14(29-2)10-18(15)26-22(24-12)27-21-23-11-16-17(25-21)8-13(9-19(16)28)20-4-3-7-30-20/h3-7,10-11,13H,8-9H2,1-2H3,(H,23,24,25,26,27). The fraction of sp³-hybridized carbons (Fsp3) is 0.227. The summed E-state index contributed by atoms with van der Waals surface area (Å²) < 4.78 is 10.8. The van der Waals surface area contributed by atoms with Crippen molar-refractivity contribution in [1.29, 1.82) is 0 Å². The molecular weight excluding hydrogens is 382 g/mol. The van der Waals surface area contributed by atoms with Crippen molar-refractivity contribution in [1.82, 2.24) is 19.9 Å². The summed E-state index contributed by atoms with van der Waals surface area (Å²) in [4.78, 5) is 30.5. The number of ketones is 1. The molecule has 1 atom stereocenters. The van der Waals surface area contributed by atoms with Gasteiger partial charge in [-0.1, -0.05) is 0 Å². The maximum atomic E-state index is 12.5. The number of nitrogens with one attached hydrogen (secondary N) is 1. The molecule has 0 spiro atoms. The molecule has 8 nitrogen and oxygen atoms in total. The van der Waals surface area contributed by atoms with E-state index in [1.807, 2.05) is 37.3 Å². The third-order valence-corrected chi connectivity index (χ3v) is 5.30. The second-order valence-corrected chi connectivity index (χ2v) is 7.24. The molecule has 4 aromatic rings. The maximum Gasteiger partial charge on any atom is 0.230 e. The second kappa shape index (κ2) is 7.22. The minimum atomic E-state index is -0.0191. The molecule has 1 N–H and O–H groups in total. The van der Waals surface area contributed by atoms with Crippen LogP contribution in [-0.2, 0) is 6.42 Å². The first-order valence-corrected chi connectivity index (χ1v) is 9.62. The molecule has 5 rings (SSSR count). The molecule has 1 aromatic carbocycles. The van der Waals surface area contributed by atoms with Crippen LogP contribution >= 0.6 is 0 Å². The van der Waals surface area contributed by atoms with Crippen molar-refractivity contribution in [3.63, 3.8) is 0 Å². The Morgan fingerprint density at radius 2 is 2.03 bits per heavy atom. The highest BCUT2D eigenvalue weighted by Gasteiger charge is 2.29. The number of aromatic nitrogens is 4. The lowest BCUT2D eigenvalue weighted by atomic mass is 9.85. The summed E-state index contributed by atoms with van der Waals surface area (Å²) in [5, 5.41) is 4.01. The van der Waals surface area contributed by atoms with Gasteiger partial charge in [-0.2, -0.15) is 0 Å². The zero-order chi connectivity index (χ0) is 20.7. The van der Waals surface area contributed by atoms with Crippen LogP contribution in [0.1, 0.15) is 39.8 Å². The van der Waals surface area contributed by atoms with Crippen LogP contribution in [0.2, 0.25) is 0 Å². The van der Waals surface area contributed by atoms with Crippen molar-refractivity contribution < 1.29 is 13.9 Å². The lowest BCUT2D eigenvalue weighted by molar-refractivity contribution is 0.0958. The molecule has 1 aliphatic carbocycles. The van der Waals surface area contributed by atoms with E-state index >= 15 is 0 Å². The highest BCUT2D eigenvalue weighted by atomic mass is 16.5. The van der Waals surface area contributed by atoms with E-state index in [0.29, 0.717) is 36.0 Å².